The molecular weight excluding hydrogens is 287 g/mol. The van der Waals surface area contributed by atoms with Crippen molar-refractivity contribution in [2.75, 3.05) is 5.32 Å². The third-order valence-electron chi connectivity index (χ3n) is 3.94. The first kappa shape index (κ1) is 13.9. The van der Waals surface area contributed by atoms with Crippen LogP contribution in [0.15, 0.2) is 42.5 Å². The Morgan fingerprint density at radius 2 is 1.86 bits per heavy atom. The lowest BCUT2D eigenvalue weighted by Crippen LogP contribution is -2.34. The summed E-state index contributed by atoms with van der Waals surface area (Å²) in [4.78, 5) is 0. The van der Waals surface area contributed by atoms with Crippen molar-refractivity contribution < 1.29 is 4.39 Å². The smallest absolute Gasteiger partial charge is 0.123 e. The Hall–Kier alpha value is -2.05. The van der Waals surface area contributed by atoms with Gasteiger partial charge in [0, 0.05) is 11.7 Å². The lowest BCUT2D eigenvalue weighted by molar-refractivity contribution is 0.374. The fourth-order valence-electron chi connectivity index (χ4n) is 2.68. The Kier molecular flexibility index (Phi) is 3.81. The molecule has 2 aromatic rings. The Morgan fingerprint density at radius 3 is 2.52 bits per heavy atom. The minimum Gasteiger partial charge on any atom is -0.382 e. The first-order valence-electron chi connectivity index (χ1n) is 6.87. The molecule has 4 heteroatoms. The molecule has 0 saturated heterocycles. The number of nitriles is 1. The number of hydrogen-bond acceptors (Lipinski definition) is 2. The van der Waals surface area contributed by atoms with Crippen LogP contribution in [0.5, 0.6) is 0 Å². The number of anilines is 1. The molecule has 0 unspecified atom stereocenters. The molecule has 0 heterocycles. The zero-order chi connectivity index (χ0) is 14.8. The Bertz CT molecular complexity index is 685. The van der Waals surface area contributed by atoms with Gasteiger partial charge < -0.3 is 5.32 Å². The Labute approximate surface area is 128 Å². The van der Waals surface area contributed by atoms with Gasteiger partial charge in [-0.15, -0.1) is 0 Å². The highest BCUT2D eigenvalue weighted by molar-refractivity contribution is 6.31. The molecule has 1 saturated carbocycles. The first-order valence-corrected chi connectivity index (χ1v) is 7.25. The van der Waals surface area contributed by atoms with E-state index < -0.39 is 0 Å². The molecule has 0 spiro atoms. The quantitative estimate of drug-likeness (QED) is 0.891. The highest BCUT2D eigenvalue weighted by Crippen LogP contribution is 2.38. The van der Waals surface area contributed by atoms with Crippen LogP contribution in [0.4, 0.5) is 10.1 Å². The minimum atomic E-state index is -0.196. The first-order chi connectivity index (χ1) is 10.2. The summed E-state index contributed by atoms with van der Waals surface area (Å²) in [5.41, 5.74) is 2.58. The van der Waals surface area contributed by atoms with E-state index in [1.165, 1.54) is 17.7 Å². The van der Waals surface area contributed by atoms with Crippen LogP contribution in [0.25, 0.3) is 0 Å². The van der Waals surface area contributed by atoms with Crippen molar-refractivity contribution in [2.45, 2.75) is 24.8 Å². The predicted octanol–water partition coefficient (Wildman–Crippen LogP) is 4.71. The van der Waals surface area contributed by atoms with Crippen LogP contribution in [0.3, 0.4) is 0 Å². The topological polar surface area (TPSA) is 35.8 Å². The maximum Gasteiger partial charge on any atom is 0.123 e. The van der Waals surface area contributed by atoms with Crippen LogP contribution in [0.1, 0.15) is 29.9 Å². The largest absolute Gasteiger partial charge is 0.382 e. The van der Waals surface area contributed by atoms with Crippen molar-refractivity contribution in [3.63, 3.8) is 0 Å². The molecule has 0 amide bonds. The molecule has 106 valence electrons. The van der Waals surface area contributed by atoms with Crippen LogP contribution in [-0.2, 0) is 0 Å². The van der Waals surface area contributed by atoms with E-state index >= 15 is 0 Å². The molecule has 1 N–H and O–H groups in total. The molecule has 21 heavy (non-hydrogen) atoms. The number of nitrogens with zero attached hydrogens (tertiary/aromatic N) is 1. The SMILES string of the molecule is N#Cc1cc(NC2CC(c3ccc(F)cc3)C2)ccc1Cl. The second-order valence-electron chi connectivity index (χ2n) is 5.37. The molecule has 0 aromatic heterocycles. The van der Waals surface area contributed by atoms with E-state index in [9.17, 15) is 4.39 Å². The standard InChI is InChI=1S/C17H14ClFN2/c18-17-6-5-15(9-13(17)10-20)21-16-7-12(8-16)11-1-3-14(19)4-2-11/h1-6,9,12,16,21H,7-8H2. The fraction of sp³-hybridized carbons (Fsp3) is 0.235. The van der Waals surface area contributed by atoms with E-state index in [1.807, 2.05) is 18.2 Å². The van der Waals surface area contributed by atoms with Gasteiger partial charge in [-0.1, -0.05) is 23.7 Å². The molecule has 2 aromatic carbocycles. The summed E-state index contributed by atoms with van der Waals surface area (Å²) in [6.07, 6.45) is 2.02. The van der Waals surface area contributed by atoms with E-state index in [0.29, 0.717) is 22.5 Å². The number of benzene rings is 2. The molecule has 1 fully saturated rings. The van der Waals surface area contributed by atoms with Gasteiger partial charge in [0.25, 0.3) is 0 Å². The lowest BCUT2D eigenvalue weighted by atomic mass is 9.76. The van der Waals surface area contributed by atoms with Crippen molar-refractivity contribution >= 4 is 17.3 Å². The maximum absolute atomic E-state index is 12.9. The number of hydrogen-bond donors (Lipinski definition) is 1. The van der Waals surface area contributed by atoms with Crippen LogP contribution in [0.2, 0.25) is 5.02 Å². The normalized spacial score (nSPS) is 20.4. The van der Waals surface area contributed by atoms with Gasteiger partial charge in [0.05, 0.1) is 10.6 Å². The average Bonchev–Trinajstić information content (AvgIpc) is 2.45. The summed E-state index contributed by atoms with van der Waals surface area (Å²) < 4.78 is 12.9. The third kappa shape index (κ3) is 3.01. The van der Waals surface area contributed by atoms with Gasteiger partial charge in [0.1, 0.15) is 11.9 Å². The molecule has 0 aliphatic heterocycles. The number of rotatable bonds is 3. The fourth-order valence-corrected chi connectivity index (χ4v) is 2.84. The van der Waals surface area contributed by atoms with E-state index in [1.54, 1.807) is 12.1 Å². The average molecular weight is 301 g/mol. The van der Waals surface area contributed by atoms with Gasteiger partial charge >= 0.3 is 0 Å². The summed E-state index contributed by atoms with van der Waals surface area (Å²) in [6.45, 7) is 0. The minimum absolute atomic E-state index is 0.196. The predicted molar refractivity (Wildman–Crippen MR) is 82.0 cm³/mol. The summed E-state index contributed by atoms with van der Waals surface area (Å²) in [5.74, 6) is 0.281. The van der Waals surface area contributed by atoms with Crippen molar-refractivity contribution in [1.82, 2.24) is 0 Å². The lowest BCUT2D eigenvalue weighted by Gasteiger charge is -2.37. The van der Waals surface area contributed by atoms with Crippen LogP contribution >= 0.6 is 11.6 Å². The van der Waals surface area contributed by atoms with Gasteiger partial charge in [0.2, 0.25) is 0 Å². The van der Waals surface area contributed by atoms with Gasteiger partial charge in [-0.2, -0.15) is 5.26 Å². The molecule has 2 nitrogen and oxygen atoms in total. The number of halogens is 2. The molecule has 1 aliphatic carbocycles. The third-order valence-corrected chi connectivity index (χ3v) is 4.27. The van der Waals surface area contributed by atoms with E-state index in [4.69, 9.17) is 16.9 Å². The van der Waals surface area contributed by atoms with Crippen molar-refractivity contribution in [3.8, 4) is 6.07 Å². The van der Waals surface area contributed by atoms with E-state index in [2.05, 4.69) is 11.4 Å². The zero-order valence-electron chi connectivity index (χ0n) is 11.3. The second-order valence-corrected chi connectivity index (χ2v) is 5.77. The Morgan fingerprint density at radius 1 is 1.14 bits per heavy atom. The highest BCUT2D eigenvalue weighted by Gasteiger charge is 2.30. The summed E-state index contributed by atoms with van der Waals surface area (Å²) in [6, 6.07) is 14.6. The molecular formula is C17H14ClFN2. The maximum atomic E-state index is 12.9. The molecule has 0 bridgehead atoms. The van der Waals surface area contributed by atoms with Gasteiger partial charge in [0.15, 0.2) is 0 Å². The molecule has 0 radical (unpaired) electrons. The van der Waals surface area contributed by atoms with E-state index in [-0.39, 0.29) is 5.82 Å². The van der Waals surface area contributed by atoms with Crippen LogP contribution in [-0.4, -0.2) is 6.04 Å². The van der Waals surface area contributed by atoms with Gasteiger partial charge in [-0.25, -0.2) is 4.39 Å². The molecule has 3 rings (SSSR count). The Balaban J connectivity index is 1.60. The van der Waals surface area contributed by atoms with Crippen molar-refractivity contribution in [3.05, 3.63) is 64.4 Å². The van der Waals surface area contributed by atoms with Crippen molar-refractivity contribution in [1.29, 1.82) is 5.26 Å². The van der Waals surface area contributed by atoms with Crippen molar-refractivity contribution in [2.24, 2.45) is 0 Å². The number of nitrogens with one attached hydrogen (secondary N) is 1. The summed E-state index contributed by atoms with van der Waals surface area (Å²) in [7, 11) is 0. The summed E-state index contributed by atoms with van der Waals surface area (Å²) in [5, 5.41) is 12.8. The zero-order valence-corrected chi connectivity index (χ0v) is 12.1. The monoisotopic (exact) mass is 300 g/mol. The molecule has 0 atom stereocenters. The van der Waals surface area contributed by atoms with Gasteiger partial charge in [-0.3, -0.25) is 0 Å². The highest BCUT2D eigenvalue weighted by atomic mass is 35.5. The van der Waals surface area contributed by atoms with Crippen LogP contribution in [0, 0.1) is 17.1 Å². The second kappa shape index (κ2) is 5.75. The van der Waals surface area contributed by atoms with Gasteiger partial charge in [-0.05, 0) is 54.7 Å². The van der Waals surface area contributed by atoms with E-state index in [0.717, 1.165) is 18.5 Å². The molecule has 1 aliphatic rings. The van der Waals surface area contributed by atoms with Crippen LogP contribution < -0.4 is 5.32 Å². The summed E-state index contributed by atoms with van der Waals surface area (Å²) >= 11 is 5.92.